The molecule has 1 rings (SSSR count). The summed E-state index contributed by atoms with van der Waals surface area (Å²) in [4.78, 5) is 0. The van der Waals surface area contributed by atoms with Gasteiger partial charge in [-0.3, -0.25) is 0 Å². The average Bonchev–Trinajstić information content (AvgIpc) is 2.26. The number of benzene rings is 1. The van der Waals surface area contributed by atoms with E-state index in [1.807, 2.05) is 0 Å². The summed E-state index contributed by atoms with van der Waals surface area (Å²) in [6.07, 6.45) is -4.42. The van der Waals surface area contributed by atoms with Crippen molar-refractivity contribution in [1.82, 2.24) is 0 Å². The molecule has 0 aromatic heterocycles. The normalized spacial score (nSPS) is 13.6. The summed E-state index contributed by atoms with van der Waals surface area (Å²) >= 11 is 0. The zero-order valence-corrected chi connectivity index (χ0v) is 8.58. The quantitative estimate of drug-likeness (QED) is 0.838. The molecule has 0 saturated carbocycles. The molecule has 0 amide bonds. The molecule has 90 valence electrons. The Morgan fingerprint density at radius 3 is 2.50 bits per heavy atom. The molecule has 0 aliphatic carbocycles. The first-order valence-electron chi connectivity index (χ1n) is 4.51. The van der Waals surface area contributed by atoms with E-state index in [1.165, 1.54) is 13.2 Å². The maximum Gasteiger partial charge on any atom is 0.416 e. The third-order valence-corrected chi connectivity index (χ3v) is 2.16. The lowest BCUT2D eigenvalue weighted by Crippen LogP contribution is -2.16. The summed E-state index contributed by atoms with van der Waals surface area (Å²) in [5.41, 5.74) is 5.06. The van der Waals surface area contributed by atoms with Crippen molar-refractivity contribution >= 4 is 0 Å². The van der Waals surface area contributed by atoms with E-state index in [9.17, 15) is 13.2 Å². The molecule has 6 heteroatoms. The summed E-state index contributed by atoms with van der Waals surface area (Å²) in [5.74, 6) is 0.0244. The topological polar surface area (TPSA) is 55.5 Å². The molecular formula is C10H12F3NO2. The molecule has 0 heterocycles. The fourth-order valence-corrected chi connectivity index (χ4v) is 1.29. The SMILES string of the molecule is COc1cc(C(F)(F)F)ccc1[C@@H](N)CO. The molecule has 0 bridgehead atoms. The second kappa shape index (κ2) is 4.71. The summed E-state index contributed by atoms with van der Waals surface area (Å²) < 4.78 is 42.0. The van der Waals surface area contributed by atoms with Crippen LogP contribution in [0.1, 0.15) is 17.2 Å². The van der Waals surface area contributed by atoms with Gasteiger partial charge in [0.1, 0.15) is 5.75 Å². The van der Waals surface area contributed by atoms with Crippen LogP contribution < -0.4 is 10.5 Å². The highest BCUT2D eigenvalue weighted by atomic mass is 19.4. The molecule has 1 aromatic rings. The minimum atomic E-state index is -4.42. The highest BCUT2D eigenvalue weighted by Gasteiger charge is 2.31. The van der Waals surface area contributed by atoms with E-state index in [2.05, 4.69) is 0 Å². The van der Waals surface area contributed by atoms with Gasteiger partial charge in [-0.25, -0.2) is 0 Å². The summed E-state index contributed by atoms with van der Waals surface area (Å²) in [5, 5.41) is 8.83. The fourth-order valence-electron chi connectivity index (χ4n) is 1.29. The lowest BCUT2D eigenvalue weighted by molar-refractivity contribution is -0.137. The van der Waals surface area contributed by atoms with Crippen LogP contribution in [0, 0.1) is 0 Å². The van der Waals surface area contributed by atoms with Crippen LogP contribution in [0.4, 0.5) is 13.2 Å². The van der Waals surface area contributed by atoms with Crippen molar-refractivity contribution in [3.05, 3.63) is 29.3 Å². The van der Waals surface area contributed by atoms with Gasteiger partial charge in [-0.15, -0.1) is 0 Å². The zero-order valence-electron chi connectivity index (χ0n) is 8.58. The number of aliphatic hydroxyl groups excluding tert-OH is 1. The summed E-state index contributed by atoms with van der Waals surface area (Å²) in [6, 6.07) is 2.23. The second-order valence-electron chi connectivity index (χ2n) is 3.24. The first-order valence-corrected chi connectivity index (χ1v) is 4.51. The molecule has 0 radical (unpaired) electrons. The van der Waals surface area contributed by atoms with Crippen molar-refractivity contribution in [3.63, 3.8) is 0 Å². The molecule has 1 atom stereocenters. The smallest absolute Gasteiger partial charge is 0.416 e. The number of ether oxygens (including phenoxy) is 1. The average molecular weight is 235 g/mol. The molecule has 1 aromatic carbocycles. The largest absolute Gasteiger partial charge is 0.496 e. The Labute approximate surface area is 90.6 Å². The van der Waals surface area contributed by atoms with Crippen LogP contribution in [0.5, 0.6) is 5.75 Å². The highest BCUT2D eigenvalue weighted by molar-refractivity contribution is 5.40. The van der Waals surface area contributed by atoms with Gasteiger partial charge < -0.3 is 15.6 Å². The van der Waals surface area contributed by atoms with E-state index in [0.717, 1.165) is 12.1 Å². The van der Waals surface area contributed by atoms with Crippen LogP contribution >= 0.6 is 0 Å². The maximum atomic E-state index is 12.4. The number of methoxy groups -OCH3 is 1. The lowest BCUT2D eigenvalue weighted by atomic mass is 10.0. The molecule has 3 nitrogen and oxygen atoms in total. The van der Waals surface area contributed by atoms with Crippen molar-refractivity contribution in [2.45, 2.75) is 12.2 Å². The van der Waals surface area contributed by atoms with E-state index in [1.54, 1.807) is 0 Å². The minimum Gasteiger partial charge on any atom is -0.496 e. The molecular weight excluding hydrogens is 223 g/mol. The molecule has 16 heavy (non-hydrogen) atoms. The van der Waals surface area contributed by atoms with Crippen LogP contribution in [-0.2, 0) is 6.18 Å². The Balaban J connectivity index is 3.17. The van der Waals surface area contributed by atoms with Crippen molar-refractivity contribution in [1.29, 1.82) is 0 Å². The maximum absolute atomic E-state index is 12.4. The van der Waals surface area contributed by atoms with Crippen LogP contribution in [0.15, 0.2) is 18.2 Å². The number of hydrogen-bond donors (Lipinski definition) is 2. The Hall–Kier alpha value is -1.27. The summed E-state index contributed by atoms with van der Waals surface area (Å²) in [7, 11) is 1.25. The minimum absolute atomic E-state index is 0.0244. The third kappa shape index (κ3) is 2.65. The number of halogens is 3. The number of rotatable bonds is 3. The van der Waals surface area contributed by atoms with Crippen molar-refractivity contribution in [3.8, 4) is 5.75 Å². The molecule has 0 saturated heterocycles. The van der Waals surface area contributed by atoms with Gasteiger partial charge in [0.25, 0.3) is 0 Å². The highest BCUT2D eigenvalue weighted by Crippen LogP contribution is 2.34. The van der Waals surface area contributed by atoms with Gasteiger partial charge in [0.05, 0.1) is 25.3 Å². The molecule has 3 N–H and O–H groups in total. The summed E-state index contributed by atoms with van der Waals surface area (Å²) in [6.45, 7) is -0.359. The van der Waals surface area contributed by atoms with Crippen molar-refractivity contribution in [2.75, 3.05) is 13.7 Å². The number of aliphatic hydroxyl groups is 1. The Morgan fingerprint density at radius 1 is 1.44 bits per heavy atom. The van der Waals surface area contributed by atoms with Gasteiger partial charge in [0.15, 0.2) is 0 Å². The lowest BCUT2D eigenvalue weighted by Gasteiger charge is -2.15. The van der Waals surface area contributed by atoms with E-state index >= 15 is 0 Å². The first kappa shape index (κ1) is 12.8. The predicted octanol–water partition coefficient (Wildman–Crippen LogP) is 1.71. The van der Waals surface area contributed by atoms with Gasteiger partial charge in [0, 0.05) is 5.56 Å². The van der Waals surface area contributed by atoms with E-state index in [-0.39, 0.29) is 12.4 Å². The molecule has 0 fully saturated rings. The van der Waals surface area contributed by atoms with E-state index < -0.39 is 17.8 Å². The predicted molar refractivity (Wildman–Crippen MR) is 52.0 cm³/mol. The van der Waals surface area contributed by atoms with Crippen molar-refractivity contribution in [2.24, 2.45) is 5.73 Å². The van der Waals surface area contributed by atoms with Gasteiger partial charge in [0.2, 0.25) is 0 Å². The molecule has 0 aliphatic rings. The molecule has 0 aliphatic heterocycles. The number of alkyl halides is 3. The second-order valence-corrected chi connectivity index (χ2v) is 3.24. The van der Waals surface area contributed by atoms with Gasteiger partial charge in [-0.05, 0) is 12.1 Å². The van der Waals surface area contributed by atoms with Crippen molar-refractivity contribution < 1.29 is 23.0 Å². The Morgan fingerprint density at radius 2 is 2.06 bits per heavy atom. The van der Waals surface area contributed by atoms with Gasteiger partial charge in [-0.2, -0.15) is 13.2 Å². The van der Waals surface area contributed by atoms with Crippen LogP contribution in [-0.4, -0.2) is 18.8 Å². The third-order valence-electron chi connectivity index (χ3n) is 2.16. The van der Waals surface area contributed by atoms with Gasteiger partial charge in [-0.1, -0.05) is 6.07 Å². The fraction of sp³-hybridized carbons (Fsp3) is 0.400. The first-order chi connectivity index (χ1) is 7.40. The van der Waals surface area contributed by atoms with Crippen LogP contribution in [0.25, 0.3) is 0 Å². The number of nitrogens with two attached hydrogens (primary N) is 1. The van der Waals surface area contributed by atoms with E-state index in [4.69, 9.17) is 15.6 Å². The Bertz CT molecular complexity index is 366. The molecule has 0 unspecified atom stereocenters. The molecule has 0 spiro atoms. The number of hydrogen-bond acceptors (Lipinski definition) is 3. The van der Waals surface area contributed by atoms with Crippen LogP contribution in [0.3, 0.4) is 0 Å². The van der Waals surface area contributed by atoms with E-state index in [0.29, 0.717) is 5.56 Å². The van der Waals surface area contributed by atoms with Gasteiger partial charge >= 0.3 is 6.18 Å². The Kier molecular flexibility index (Phi) is 3.77. The monoisotopic (exact) mass is 235 g/mol. The van der Waals surface area contributed by atoms with Crippen LogP contribution in [0.2, 0.25) is 0 Å². The standard InChI is InChI=1S/C10H12F3NO2/c1-16-9-4-6(10(11,12)13)2-3-7(9)8(14)5-15/h2-4,8,15H,5,14H2,1H3/t8-/m0/s1. The zero-order chi connectivity index (χ0) is 12.3.